The Balaban J connectivity index is 1.79. The molecule has 5 nitrogen and oxygen atoms in total. The summed E-state index contributed by atoms with van der Waals surface area (Å²) >= 11 is 1.25. The Bertz CT molecular complexity index is 670. The number of amides is 1. The number of carbonyl (C=O) groups is 2. The maximum atomic E-state index is 12.4. The number of hydrogen-bond donors (Lipinski definition) is 1. The summed E-state index contributed by atoms with van der Waals surface area (Å²) in [5, 5.41) is 4.56. The molecule has 0 spiro atoms. The smallest absolute Gasteiger partial charge is 0.350 e. The van der Waals surface area contributed by atoms with E-state index in [0.717, 1.165) is 12.8 Å². The highest BCUT2D eigenvalue weighted by molar-refractivity contribution is 7.12. The first-order valence-corrected chi connectivity index (χ1v) is 7.72. The molecule has 0 atom stereocenters. The summed E-state index contributed by atoms with van der Waals surface area (Å²) in [7, 11) is 1.33. The Kier molecular flexibility index (Phi) is 3.79. The molecule has 1 fully saturated rings. The molecule has 3 rings (SSSR count). The number of methoxy groups -OCH3 is 1. The van der Waals surface area contributed by atoms with E-state index < -0.39 is 5.97 Å². The summed E-state index contributed by atoms with van der Waals surface area (Å²) in [5.74, 6) is -0.634. The zero-order chi connectivity index (χ0) is 14.8. The van der Waals surface area contributed by atoms with Gasteiger partial charge in [-0.2, -0.15) is 0 Å². The zero-order valence-corrected chi connectivity index (χ0v) is 12.5. The Morgan fingerprint density at radius 1 is 1.38 bits per heavy atom. The van der Waals surface area contributed by atoms with Gasteiger partial charge >= 0.3 is 5.97 Å². The minimum absolute atomic E-state index is 0.199. The second-order valence-electron chi connectivity index (χ2n) is 4.99. The molecule has 1 amide bonds. The van der Waals surface area contributed by atoms with Crippen LogP contribution in [0.4, 0.5) is 5.69 Å². The van der Waals surface area contributed by atoms with E-state index in [-0.39, 0.29) is 5.91 Å². The minimum atomic E-state index is -0.435. The first kappa shape index (κ1) is 13.9. The lowest BCUT2D eigenvalue weighted by atomic mass is 9.93. The zero-order valence-electron chi connectivity index (χ0n) is 11.7. The summed E-state index contributed by atoms with van der Waals surface area (Å²) in [5.41, 5.74) is 1.12. The third-order valence-electron chi connectivity index (χ3n) is 3.76. The molecule has 1 aliphatic rings. The molecule has 2 aromatic heterocycles. The summed E-state index contributed by atoms with van der Waals surface area (Å²) in [6, 6.07) is 5.81. The largest absolute Gasteiger partial charge is 0.465 e. The molecule has 0 aromatic carbocycles. The highest BCUT2D eigenvalue weighted by Crippen LogP contribution is 2.33. The number of rotatable bonds is 4. The van der Waals surface area contributed by atoms with Crippen LogP contribution in [0.5, 0.6) is 0 Å². The van der Waals surface area contributed by atoms with Crippen molar-refractivity contribution in [2.24, 2.45) is 0 Å². The SMILES string of the molecule is COC(=O)c1sccc1NC(=O)c1cccn1C1CCC1. The molecule has 110 valence electrons. The van der Waals surface area contributed by atoms with Crippen molar-refractivity contribution in [2.45, 2.75) is 25.3 Å². The van der Waals surface area contributed by atoms with Gasteiger partial charge in [0.1, 0.15) is 10.6 Å². The van der Waals surface area contributed by atoms with Gasteiger partial charge in [0.2, 0.25) is 0 Å². The van der Waals surface area contributed by atoms with Gasteiger partial charge in [0, 0.05) is 12.2 Å². The molecule has 0 saturated heterocycles. The van der Waals surface area contributed by atoms with Crippen molar-refractivity contribution < 1.29 is 14.3 Å². The lowest BCUT2D eigenvalue weighted by Gasteiger charge is -2.28. The van der Waals surface area contributed by atoms with Crippen molar-refractivity contribution in [3.05, 3.63) is 40.3 Å². The van der Waals surface area contributed by atoms with E-state index >= 15 is 0 Å². The van der Waals surface area contributed by atoms with Crippen LogP contribution in [0.3, 0.4) is 0 Å². The number of nitrogens with one attached hydrogen (secondary N) is 1. The molecule has 0 radical (unpaired) electrons. The van der Waals surface area contributed by atoms with Crippen molar-refractivity contribution in [1.29, 1.82) is 0 Å². The van der Waals surface area contributed by atoms with Gasteiger partial charge in [0.25, 0.3) is 5.91 Å². The molecule has 6 heteroatoms. The van der Waals surface area contributed by atoms with E-state index in [1.54, 1.807) is 17.5 Å². The number of hydrogen-bond acceptors (Lipinski definition) is 4. The van der Waals surface area contributed by atoms with Gasteiger partial charge in [0.05, 0.1) is 12.8 Å². The normalized spacial score (nSPS) is 14.5. The van der Waals surface area contributed by atoms with Crippen LogP contribution in [0, 0.1) is 0 Å². The van der Waals surface area contributed by atoms with Crippen LogP contribution < -0.4 is 5.32 Å². The first-order valence-electron chi connectivity index (χ1n) is 6.84. The summed E-state index contributed by atoms with van der Waals surface area (Å²) in [4.78, 5) is 24.5. The molecular formula is C15H16N2O3S. The summed E-state index contributed by atoms with van der Waals surface area (Å²) in [6.45, 7) is 0. The highest BCUT2D eigenvalue weighted by Gasteiger charge is 2.24. The number of ether oxygens (including phenoxy) is 1. The molecule has 1 aliphatic carbocycles. The van der Waals surface area contributed by atoms with E-state index in [0.29, 0.717) is 22.3 Å². The second kappa shape index (κ2) is 5.73. The van der Waals surface area contributed by atoms with Crippen molar-refractivity contribution >= 4 is 28.9 Å². The van der Waals surface area contributed by atoms with Gasteiger partial charge in [-0.3, -0.25) is 4.79 Å². The molecule has 0 bridgehead atoms. The van der Waals surface area contributed by atoms with Crippen molar-refractivity contribution in [3.8, 4) is 0 Å². The average Bonchev–Trinajstić information content (AvgIpc) is 3.05. The standard InChI is InChI=1S/C15H16N2O3S/c1-20-15(19)13-11(7-9-21-13)16-14(18)12-6-3-8-17(12)10-4-2-5-10/h3,6-10H,2,4-5H2,1H3,(H,16,18). The molecule has 2 heterocycles. The molecule has 0 unspecified atom stereocenters. The van der Waals surface area contributed by atoms with Crippen molar-refractivity contribution in [2.75, 3.05) is 12.4 Å². The fraction of sp³-hybridized carbons (Fsp3) is 0.333. The summed E-state index contributed by atoms with van der Waals surface area (Å²) < 4.78 is 6.73. The number of carbonyl (C=O) groups excluding carboxylic acids is 2. The van der Waals surface area contributed by atoms with Crippen LogP contribution in [-0.4, -0.2) is 23.6 Å². The van der Waals surface area contributed by atoms with E-state index in [9.17, 15) is 9.59 Å². The predicted molar refractivity (Wildman–Crippen MR) is 80.9 cm³/mol. The lowest BCUT2D eigenvalue weighted by molar-refractivity contribution is 0.0607. The van der Waals surface area contributed by atoms with Gasteiger partial charge < -0.3 is 14.6 Å². The van der Waals surface area contributed by atoms with E-state index in [4.69, 9.17) is 4.74 Å². The molecule has 21 heavy (non-hydrogen) atoms. The minimum Gasteiger partial charge on any atom is -0.465 e. The van der Waals surface area contributed by atoms with Gasteiger partial charge in [-0.1, -0.05) is 0 Å². The van der Waals surface area contributed by atoms with E-state index in [1.165, 1.54) is 24.9 Å². The fourth-order valence-corrected chi connectivity index (χ4v) is 3.18. The Morgan fingerprint density at radius 3 is 2.86 bits per heavy atom. The van der Waals surface area contributed by atoms with Gasteiger partial charge in [0.15, 0.2) is 0 Å². The van der Waals surface area contributed by atoms with Crippen LogP contribution in [0.2, 0.25) is 0 Å². The number of anilines is 1. The number of thiophene rings is 1. The average molecular weight is 304 g/mol. The van der Waals surface area contributed by atoms with E-state index in [1.807, 2.05) is 16.8 Å². The second-order valence-corrected chi connectivity index (χ2v) is 5.91. The summed E-state index contributed by atoms with van der Waals surface area (Å²) in [6.07, 6.45) is 5.37. The van der Waals surface area contributed by atoms with Gasteiger partial charge in [-0.05, 0) is 42.8 Å². The van der Waals surface area contributed by atoms with Crippen LogP contribution >= 0.6 is 11.3 Å². The number of esters is 1. The maximum absolute atomic E-state index is 12.4. The van der Waals surface area contributed by atoms with Crippen LogP contribution in [0.15, 0.2) is 29.8 Å². The topological polar surface area (TPSA) is 60.3 Å². The molecule has 1 N–H and O–H groups in total. The van der Waals surface area contributed by atoms with Crippen molar-refractivity contribution in [3.63, 3.8) is 0 Å². The first-order chi connectivity index (χ1) is 10.2. The van der Waals surface area contributed by atoms with Crippen LogP contribution in [0.25, 0.3) is 0 Å². The Morgan fingerprint density at radius 2 is 2.19 bits per heavy atom. The number of aromatic nitrogens is 1. The maximum Gasteiger partial charge on any atom is 0.350 e. The molecule has 2 aromatic rings. The molecule has 0 aliphatic heterocycles. The van der Waals surface area contributed by atoms with Crippen molar-refractivity contribution in [1.82, 2.24) is 4.57 Å². The van der Waals surface area contributed by atoms with Gasteiger partial charge in [-0.25, -0.2) is 4.79 Å². The van der Waals surface area contributed by atoms with E-state index in [2.05, 4.69) is 5.32 Å². The predicted octanol–water partition coefficient (Wildman–Crippen LogP) is 3.31. The quantitative estimate of drug-likeness (QED) is 0.882. The third kappa shape index (κ3) is 2.58. The lowest BCUT2D eigenvalue weighted by Crippen LogP contribution is -2.23. The molecule has 1 saturated carbocycles. The Hall–Kier alpha value is -2.08. The monoisotopic (exact) mass is 304 g/mol. The highest BCUT2D eigenvalue weighted by atomic mass is 32.1. The molecular weight excluding hydrogens is 288 g/mol. The van der Waals surface area contributed by atoms with Crippen LogP contribution in [0.1, 0.15) is 45.5 Å². The fourth-order valence-electron chi connectivity index (χ4n) is 2.41. The van der Waals surface area contributed by atoms with Gasteiger partial charge in [-0.15, -0.1) is 11.3 Å². The third-order valence-corrected chi connectivity index (χ3v) is 4.66. The number of nitrogens with zero attached hydrogens (tertiary/aromatic N) is 1. The Labute approximate surface area is 126 Å². The van der Waals surface area contributed by atoms with Crippen LogP contribution in [-0.2, 0) is 4.74 Å².